The van der Waals surface area contributed by atoms with E-state index < -0.39 is 16.1 Å². The molecule has 0 saturated heterocycles. The first-order valence-corrected chi connectivity index (χ1v) is 9.86. The summed E-state index contributed by atoms with van der Waals surface area (Å²) in [7, 11) is -3.83. The quantitative estimate of drug-likeness (QED) is 0.603. The van der Waals surface area contributed by atoms with E-state index in [9.17, 15) is 18.0 Å². The molecule has 1 aromatic rings. The molecule has 1 aliphatic rings. The maximum absolute atomic E-state index is 11.8. The van der Waals surface area contributed by atoms with Crippen LogP contribution >= 0.6 is 0 Å². The van der Waals surface area contributed by atoms with Crippen LogP contribution in [0.2, 0.25) is 0 Å². The first kappa shape index (κ1) is 19.2. The largest absolute Gasteiger partial charge is 0.353 e. The minimum atomic E-state index is -3.83. The zero-order valence-electron chi connectivity index (χ0n) is 14.0. The molecular weight excluding hydrogens is 344 g/mol. The van der Waals surface area contributed by atoms with E-state index in [0.717, 1.165) is 25.7 Å². The summed E-state index contributed by atoms with van der Waals surface area (Å²) in [4.78, 5) is 23.6. The second kappa shape index (κ2) is 8.82. The molecule has 1 aliphatic carbocycles. The van der Waals surface area contributed by atoms with Crippen LogP contribution in [0.25, 0.3) is 0 Å². The van der Waals surface area contributed by atoms with Gasteiger partial charge in [0.2, 0.25) is 15.9 Å². The van der Waals surface area contributed by atoms with Gasteiger partial charge in [-0.2, -0.15) is 0 Å². The number of rotatable bonds is 6. The van der Waals surface area contributed by atoms with Crippen molar-refractivity contribution in [1.29, 1.82) is 0 Å². The average molecular weight is 368 g/mol. The van der Waals surface area contributed by atoms with Crippen molar-refractivity contribution in [3.63, 3.8) is 0 Å². The summed E-state index contributed by atoms with van der Waals surface area (Å²) >= 11 is 0. The number of hydrogen-bond donors (Lipinski definition) is 4. The Morgan fingerprint density at radius 2 is 1.88 bits per heavy atom. The standard InChI is InChI=1S/C16H24N4O4S/c17-25(23,24)14-8-4-7-13(11-14)20-16(22)18-10-9-15(21)19-12-5-2-1-3-6-12/h4,7-8,11-12H,1-3,5-6,9-10H2,(H,19,21)(H2,17,23,24)(H2,18,20,22). The molecule has 0 aromatic heterocycles. The molecule has 0 aliphatic heterocycles. The van der Waals surface area contributed by atoms with Gasteiger partial charge in [0, 0.05) is 24.7 Å². The van der Waals surface area contributed by atoms with Crippen LogP contribution in [0.1, 0.15) is 38.5 Å². The zero-order valence-corrected chi connectivity index (χ0v) is 14.8. The lowest BCUT2D eigenvalue weighted by atomic mass is 9.95. The second-order valence-corrected chi connectivity index (χ2v) is 7.67. The van der Waals surface area contributed by atoms with Crippen molar-refractivity contribution in [2.45, 2.75) is 49.5 Å². The number of nitrogens with one attached hydrogen (secondary N) is 3. The van der Waals surface area contributed by atoms with Gasteiger partial charge in [0.15, 0.2) is 0 Å². The van der Waals surface area contributed by atoms with E-state index in [2.05, 4.69) is 16.0 Å². The third-order valence-electron chi connectivity index (χ3n) is 4.03. The summed E-state index contributed by atoms with van der Waals surface area (Å²) in [5, 5.41) is 13.1. The number of urea groups is 1. The summed E-state index contributed by atoms with van der Waals surface area (Å²) in [6.07, 6.45) is 5.73. The van der Waals surface area contributed by atoms with Crippen molar-refractivity contribution < 1.29 is 18.0 Å². The molecule has 1 saturated carbocycles. The zero-order chi connectivity index (χ0) is 18.3. The van der Waals surface area contributed by atoms with E-state index in [-0.39, 0.29) is 29.8 Å². The van der Waals surface area contributed by atoms with Crippen molar-refractivity contribution in [3.05, 3.63) is 24.3 Å². The van der Waals surface area contributed by atoms with Crippen molar-refractivity contribution in [2.24, 2.45) is 5.14 Å². The number of sulfonamides is 1. The highest BCUT2D eigenvalue weighted by Crippen LogP contribution is 2.17. The fourth-order valence-corrected chi connectivity index (χ4v) is 3.32. The highest BCUT2D eigenvalue weighted by atomic mass is 32.2. The summed E-state index contributed by atoms with van der Waals surface area (Å²) < 4.78 is 22.6. The Morgan fingerprint density at radius 3 is 2.56 bits per heavy atom. The fourth-order valence-electron chi connectivity index (χ4n) is 2.76. The van der Waals surface area contributed by atoms with Crippen LogP contribution in [-0.4, -0.2) is 32.9 Å². The Labute approximate surface area is 147 Å². The van der Waals surface area contributed by atoms with Crippen molar-refractivity contribution >= 4 is 27.6 Å². The van der Waals surface area contributed by atoms with Gasteiger partial charge in [0.1, 0.15) is 0 Å². The van der Waals surface area contributed by atoms with Crippen LogP contribution in [-0.2, 0) is 14.8 Å². The van der Waals surface area contributed by atoms with Gasteiger partial charge in [-0.15, -0.1) is 0 Å². The average Bonchev–Trinajstić information content (AvgIpc) is 2.55. The number of carbonyl (C=O) groups excluding carboxylic acids is 2. The molecule has 0 atom stereocenters. The maximum Gasteiger partial charge on any atom is 0.319 e. The van der Waals surface area contributed by atoms with Gasteiger partial charge in [0.05, 0.1) is 4.90 Å². The molecule has 2 rings (SSSR count). The Kier molecular flexibility index (Phi) is 6.77. The van der Waals surface area contributed by atoms with Crippen LogP contribution in [0.5, 0.6) is 0 Å². The van der Waals surface area contributed by atoms with Crippen LogP contribution in [0.4, 0.5) is 10.5 Å². The number of primary sulfonamides is 1. The third-order valence-corrected chi connectivity index (χ3v) is 4.94. The van der Waals surface area contributed by atoms with Crippen LogP contribution in [0.15, 0.2) is 29.2 Å². The lowest BCUT2D eigenvalue weighted by Gasteiger charge is -2.22. The van der Waals surface area contributed by atoms with E-state index in [1.54, 1.807) is 6.07 Å². The van der Waals surface area contributed by atoms with Crippen molar-refractivity contribution in [2.75, 3.05) is 11.9 Å². The first-order chi connectivity index (χ1) is 11.8. The lowest BCUT2D eigenvalue weighted by Crippen LogP contribution is -2.38. The first-order valence-electron chi connectivity index (χ1n) is 8.32. The molecule has 1 aromatic carbocycles. The van der Waals surface area contributed by atoms with Crippen molar-refractivity contribution in [1.82, 2.24) is 10.6 Å². The number of anilines is 1. The Balaban J connectivity index is 1.72. The van der Waals surface area contributed by atoms with Crippen LogP contribution < -0.4 is 21.1 Å². The van der Waals surface area contributed by atoms with E-state index in [1.165, 1.54) is 24.6 Å². The minimum Gasteiger partial charge on any atom is -0.353 e. The molecule has 5 N–H and O–H groups in total. The van der Waals surface area contributed by atoms with Gasteiger partial charge in [0.25, 0.3) is 0 Å². The van der Waals surface area contributed by atoms with E-state index >= 15 is 0 Å². The van der Waals surface area contributed by atoms with Gasteiger partial charge in [-0.05, 0) is 31.0 Å². The summed E-state index contributed by atoms with van der Waals surface area (Å²) in [6.45, 7) is 0.194. The van der Waals surface area contributed by atoms with Crippen LogP contribution in [0.3, 0.4) is 0 Å². The SMILES string of the molecule is NS(=O)(=O)c1cccc(NC(=O)NCCC(=O)NC2CCCCC2)c1. The van der Waals surface area contributed by atoms with Gasteiger partial charge in [-0.25, -0.2) is 18.4 Å². The predicted octanol–water partition coefficient (Wildman–Crippen LogP) is 1.29. The number of carbonyl (C=O) groups is 2. The van der Waals surface area contributed by atoms with Gasteiger partial charge in [-0.3, -0.25) is 4.79 Å². The van der Waals surface area contributed by atoms with E-state index in [1.807, 2.05) is 0 Å². The van der Waals surface area contributed by atoms with Crippen molar-refractivity contribution in [3.8, 4) is 0 Å². The van der Waals surface area contributed by atoms with Gasteiger partial charge in [-0.1, -0.05) is 25.3 Å². The molecule has 9 heteroatoms. The van der Waals surface area contributed by atoms with E-state index in [4.69, 9.17) is 5.14 Å². The normalized spacial score (nSPS) is 15.4. The molecule has 0 radical (unpaired) electrons. The third kappa shape index (κ3) is 6.71. The monoisotopic (exact) mass is 368 g/mol. The molecule has 3 amide bonds. The van der Waals surface area contributed by atoms with Crippen LogP contribution in [0, 0.1) is 0 Å². The highest BCUT2D eigenvalue weighted by Gasteiger charge is 2.15. The Hall–Kier alpha value is -2.13. The van der Waals surface area contributed by atoms with E-state index in [0.29, 0.717) is 5.69 Å². The Morgan fingerprint density at radius 1 is 1.16 bits per heavy atom. The Bertz CT molecular complexity index is 715. The highest BCUT2D eigenvalue weighted by molar-refractivity contribution is 7.89. The number of hydrogen-bond acceptors (Lipinski definition) is 4. The van der Waals surface area contributed by atoms with Gasteiger partial charge >= 0.3 is 6.03 Å². The summed E-state index contributed by atoms with van der Waals surface area (Å²) in [6, 6.07) is 5.36. The minimum absolute atomic E-state index is 0.0802. The molecule has 1 fully saturated rings. The number of nitrogens with two attached hydrogens (primary N) is 1. The van der Waals surface area contributed by atoms with Gasteiger partial charge < -0.3 is 16.0 Å². The molecule has 0 heterocycles. The molecular formula is C16H24N4O4S. The molecule has 0 spiro atoms. The summed E-state index contributed by atoms with van der Waals surface area (Å²) in [5.41, 5.74) is 0.302. The number of amides is 3. The molecule has 25 heavy (non-hydrogen) atoms. The molecule has 8 nitrogen and oxygen atoms in total. The molecule has 138 valence electrons. The smallest absolute Gasteiger partial charge is 0.319 e. The number of benzene rings is 1. The molecule has 0 unspecified atom stereocenters. The molecule has 0 bridgehead atoms. The summed E-state index contributed by atoms with van der Waals surface area (Å²) in [5.74, 6) is -0.0802. The fraction of sp³-hybridized carbons (Fsp3) is 0.500. The second-order valence-electron chi connectivity index (χ2n) is 6.11. The predicted molar refractivity (Wildman–Crippen MR) is 94.5 cm³/mol. The maximum atomic E-state index is 11.8. The topological polar surface area (TPSA) is 130 Å². The lowest BCUT2D eigenvalue weighted by molar-refractivity contribution is -0.121.